The Morgan fingerprint density at radius 1 is 1.17 bits per heavy atom. The number of hydrogen-bond acceptors (Lipinski definition) is 3. The van der Waals surface area contributed by atoms with Crippen LogP contribution in [0.5, 0.6) is 0 Å². The van der Waals surface area contributed by atoms with Crippen molar-refractivity contribution in [2.45, 2.75) is 57.7 Å². The molecule has 0 saturated heterocycles. The monoisotopic (exact) mass is 435 g/mol. The number of halogens is 2. The predicted molar refractivity (Wildman–Crippen MR) is 116 cm³/mol. The van der Waals surface area contributed by atoms with Crippen molar-refractivity contribution in [2.24, 2.45) is 0 Å². The topological polar surface area (TPSA) is 60.8 Å². The summed E-state index contributed by atoms with van der Waals surface area (Å²) in [6, 6.07) is 10.6. The van der Waals surface area contributed by atoms with E-state index in [1.54, 1.807) is 36.9 Å². The molecule has 0 unspecified atom stereocenters. The number of nitrogens with zero attached hydrogens (tertiary/aromatic N) is 1. The largest absolute Gasteiger partial charge is 0.394 e. The number of amides is 1. The average molecular weight is 436 g/mol. The van der Waals surface area contributed by atoms with Crippen molar-refractivity contribution in [3.8, 4) is 0 Å². The number of aliphatic hydroxyl groups excluding tert-OH is 1. The van der Waals surface area contributed by atoms with Crippen molar-refractivity contribution in [1.82, 2.24) is 4.90 Å². The summed E-state index contributed by atoms with van der Waals surface area (Å²) in [5, 5.41) is 21.3. The van der Waals surface area contributed by atoms with Gasteiger partial charge in [0.15, 0.2) is 0 Å². The minimum atomic E-state index is -0.833. The highest BCUT2D eigenvalue weighted by Crippen LogP contribution is 2.37. The smallest absolute Gasteiger partial charge is 0.227 e. The number of aliphatic hydroxyl groups is 2. The SMILES string of the molecule is C[C@H]1c2cccc(CC(C)(C)O)c2C[C@H](CO)N1C(=O)Cc1c(Cl)cccc1Cl. The molecule has 2 aromatic rings. The Hall–Kier alpha value is -1.59. The maximum atomic E-state index is 13.2. The summed E-state index contributed by atoms with van der Waals surface area (Å²) in [5.41, 5.74) is 2.99. The summed E-state index contributed by atoms with van der Waals surface area (Å²) in [7, 11) is 0. The van der Waals surface area contributed by atoms with Gasteiger partial charge >= 0.3 is 0 Å². The fourth-order valence-corrected chi connectivity index (χ4v) is 4.77. The first-order valence-corrected chi connectivity index (χ1v) is 10.6. The number of rotatable bonds is 5. The second-order valence-electron chi connectivity index (χ2n) is 8.37. The number of fused-ring (bicyclic) bond motifs is 1. The van der Waals surface area contributed by atoms with Gasteiger partial charge in [-0.05, 0) is 61.6 Å². The molecule has 4 nitrogen and oxygen atoms in total. The molecule has 0 radical (unpaired) electrons. The Labute approximate surface area is 182 Å². The van der Waals surface area contributed by atoms with Crippen molar-refractivity contribution in [3.63, 3.8) is 0 Å². The summed E-state index contributed by atoms with van der Waals surface area (Å²) >= 11 is 12.5. The number of hydrogen-bond donors (Lipinski definition) is 2. The van der Waals surface area contributed by atoms with Crippen LogP contribution in [0.1, 0.15) is 49.1 Å². The van der Waals surface area contributed by atoms with Crippen LogP contribution >= 0.6 is 23.2 Å². The molecule has 0 saturated carbocycles. The van der Waals surface area contributed by atoms with Gasteiger partial charge in [-0.1, -0.05) is 47.5 Å². The van der Waals surface area contributed by atoms with Crippen molar-refractivity contribution in [3.05, 3.63) is 68.7 Å². The minimum absolute atomic E-state index is 0.0814. The van der Waals surface area contributed by atoms with Crippen LogP contribution in [0, 0.1) is 0 Å². The van der Waals surface area contributed by atoms with E-state index in [2.05, 4.69) is 0 Å². The standard InChI is InChI=1S/C23H27Cl2NO3/c1-14-17-7-4-6-15(12-23(2,3)29)18(17)10-16(13-27)26(14)22(28)11-19-20(24)8-5-9-21(19)25/h4-9,14,16,27,29H,10-13H2,1-3H3/t14-,16+/m0/s1. The molecule has 1 heterocycles. The molecular weight excluding hydrogens is 409 g/mol. The molecule has 1 amide bonds. The maximum Gasteiger partial charge on any atom is 0.227 e. The molecule has 3 rings (SSSR count). The zero-order valence-corrected chi connectivity index (χ0v) is 18.5. The number of carbonyl (C=O) groups excluding carboxylic acids is 1. The lowest BCUT2D eigenvalue weighted by Gasteiger charge is -2.42. The molecule has 0 spiro atoms. The van der Waals surface area contributed by atoms with Crippen LogP contribution in [0.3, 0.4) is 0 Å². The van der Waals surface area contributed by atoms with E-state index in [0.717, 1.165) is 16.7 Å². The molecular formula is C23H27Cl2NO3. The normalized spacial score (nSPS) is 19.2. The van der Waals surface area contributed by atoms with Gasteiger partial charge in [-0.25, -0.2) is 0 Å². The Morgan fingerprint density at radius 3 is 2.38 bits per heavy atom. The molecule has 0 aromatic heterocycles. The van der Waals surface area contributed by atoms with Crippen LogP contribution in [-0.4, -0.2) is 39.3 Å². The summed E-state index contributed by atoms with van der Waals surface area (Å²) in [4.78, 5) is 15.0. The molecule has 29 heavy (non-hydrogen) atoms. The Kier molecular flexibility index (Phi) is 6.59. The van der Waals surface area contributed by atoms with Crippen molar-refractivity contribution >= 4 is 29.1 Å². The third-order valence-electron chi connectivity index (χ3n) is 5.52. The average Bonchev–Trinajstić information content (AvgIpc) is 2.64. The van der Waals surface area contributed by atoms with Gasteiger partial charge in [0, 0.05) is 16.5 Å². The van der Waals surface area contributed by atoms with Gasteiger partial charge in [-0.15, -0.1) is 0 Å². The van der Waals surface area contributed by atoms with E-state index in [1.165, 1.54) is 0 Å². The first kappa shape index (κ1) is 22.1. The first-order chi connectivity index (χ1) is 13.6. The quantitative estimate of drug-likeness (QED) is 0.733. The van der Waals surface area contributed by atoms with E-state index in [1.807, 2.05) is 25.1 Å². The van der Waals surface area contributed by atoms with E-state index < -0.39 is 5.60 Å². The van der Waals surface area contributed by atoms with E-state index >= 15 is 0 Å². The molecule has 0 bridgehead atoms. The molecule has 2 N–H and O–H groups in total. The van der Waals surface area contributed by atoms with Gasteiger partial charge in [0.2, 0.25) is 5.91 Å². The Bertz CT molecular complexity index is 887. The van der Waals surface area contributed by atoms with Crippen LogP contribution in [0.4, 0.5) is 0 Å². The highest BCUT2D eigenvalue weighted by molar-refractivity contribution is 6.36. The van der Waals surface area contributed by atoms with Gasteiger partial charge in [0.05, 0.1) is 30.7 Å². The molecule has 1 aliphatic rings. The number of carbonyl (C=O) groups is 1. The molecule has 2 atom stereocenters. The van der Waals surface area contributed by atoms with Crippen LogP contribution < -0.4 is 0 Å². The van der Waals surface area contributed by atoms with Crippen molar-refractivity contribution in [1.29, 1.82) is 0 Å². The number of benzene rings is 2. The van der Waals surface area contributed by atoms with Crippen LogP contribution in [-0.2, 0) is 24.1 Å². The lowest BCUT2D eigenvalue weighted by atomic mass is 9.83. The van der Waals surface area contributed by atoms with Gasteiger partial charge in [0.25, 0.3) is 0 Å². The zero-order valence-electron chi connectivity index (χ0n) is 17.0. The molecule has 6 heteroatoms. The summed E-state index contributed by atoms with van der Waals surface area (Å²) in [6.07, 6.45) is 1.15. The second kappa shape index (κ2) is 8.65. The Balaban J connectivity index is 1.94. The zero-order chi connectivity index (χ0) is 21.3. The summed E-state index contributed by atoms with van der Waals surface area (Å²) in [6.45, 7) is 5.40. The van der Waals surface area contributed by atoms with Crippen LogP contribution in [0.25, 0.3) is 0 Å². The lowest BCUT2D eigenvalue weighted by Crippen LogP contribution is -2.49. The predicted octanol–water partition coefficient (Wildman–Crippen LogP) is 4.36. The molecule has 1 aliphatic heterocycles. The first-order valence-electron chi connectivity index (χ1n) is 9.80. The van der Waals surface area contributed by atoms with E-state index in [9.17, 15) is 15.0 Å². The van der Waals surface area contributed by atoms with Crippen molar-refractivity contribution in [2.75, 3.05) is 6.61 Å². The highest BCUT2D eigenvalue weighted by Gasteiger charge is 2.36. The minimum Gasteiger partial charge on any atom is -0.394 e. The van der Waals surface area contributed by atoms with Crippen LogP contribution in [0.2, 0.25) is 10.0 Å². The third kappa shape index (κ3) is 4.77. The van der Waals surface area contributed by atoms with E-state index in [4.69, 9.17) is 23.2 Å². The van der Waals surface area contributed by atoms with Gasteiger partial charge in [-0.2, -0.15) is 0 Å². The van der Waals surface area contributed by atoms with Crippen LogP contribution in [0.15, 0.2) is 36.4 Å². The van der Waals surface area contributed by atoms with E-state index in [-0.39, 0.29) is 31.0 Å². The lowest BCUT2D eigenvalue weighted by molar-refractivity contribution is -0.137. The molecule has 0 fully saturated rings. The second-order valence-corrected chi connectivity index (χ2v) is 9.18. The fraction of sp³-hybridized carbons (Fsp3) is 0.435. The summed E-state index contributed by atoms with van der Waals surface area (Å²) < 4.78 is 0. The van der Waals surface area contributed by atoms with Gasteiger partial charge in [0.1, 0.15) is 0 Å². The summed E-state index contributed by atoms with van der Waals surface area (Å²) in [5.74, 6) is -0.120. The fourth-order valence-electron chi connectivity index (χ4n) is 4.24. The highest BCUT2D eigenvalue weighted by atomic mass is 35.5. The van der Waals surface area contributed by atoms with Crippen molar-refractivity contribution < 1.29 is 15.0 Å². The van der Waals surface area contributed by atoms with Gasteiger partial charge in [-0.3, -0.25) is 4.79 Å². The molecule has 0 aliphatic carbocycles. The molecule has 2 aromatic carbocycles. The maximum absolute atomic E-state index is 13.2. The Morgan fingerprint density at radius 2 is 1.79 bits per heavy atom. The third-order valence-corrected chi connectivity index (χ3v) is 6.23. The molecule has 156 valence electrons. The van der Waals surface area contributed by atoms with E-state index in [0.29, 0.717) is 28.5 Å². The van der Waals surface area contributed by atoms with Gasteiger partial charge < -0.3 is 15.1 Å².